The summed E-state index contributed by atoms with van der Waals surface area (Å²) in [5, 5.41) is 19.5. The Bertz CT molecular complexity index is 511. The smallest absolute Gasteiger partial charge is 0.104 e. The van der Waals surface area contributed by atoms with E-state index in [0.717, 1.165) is 11.1 Å². The predicted molar refractivity (Wildman–Crippen MR) is 76.3 cm³/mol. The van der Waals surface area contributed by atoms with E-state index in [0.29, 0.717) is 0 Å². The highest BCUT2D eigenvalue weighted by molar-refractivity contribution is 5.79. The molecule has 2 aromatic carbocycles. The lowest BCUT2D eigenvalue weighted by Gasteiger charge is -2.17. The molecule has 0 aromatic heterocycles. The zero-order chi connectivity index (χ0) is 13.5. The van der Waals surface area contributed by atoms with Crippen molar-refractivity contribution in [1.82, 2.24) is 0 Å². The summed E-state index contributed by atoms with van der Waals surface area (Å²) in [5.41, 5.74) is 1.70. The van der Waals surface area contributed by atoms with E-state index in [4.69, 9.17) is 0 Å². The van der Waals surface area contributed by atoms with Gasteiger partial charge in [-0.3, -0.25) is 4.99 Å². The molecule has 2 rings (SSSR count). The lowest BCUT2D eigenvalue weighted by molar-refractivity contribution is 0.111. The molecule has 3 nitrogen and oxygen atoms in total. The van der Waals surface area contributed by atoms with Crippen LogP contribution >= 0.6 is 0 Å². The minimum Gasteiger partial charge on any atom is -0.394 e. The Labute approximate surface area is 112 Å². The van der Waals surface area contributed by atoms with E-state index >= 15 is 0 Å². The van der Waals surface area contributed by atoms with Gasteiger partial charge in [0, 0.05) is 6.21 Å². The Morgan fingerprint density at radius 2 is 1.53 bits per heavy atom. The third-order valence-electron chi connectivity index (χ3n) is 2.91. The maximum atomic E-state index is 10.2. The van der Waals surface area contributed by atoms with Gasteiger partial charge in [0.2, 0.25) is 0 Å². The second-order valence-corrected chi connectivity index (χ2v) is 4.29. The molecule has 1 unspecified atom stereocenters. The standard InChI is InChI=1S/C16H17NO2/c18-12-15(16(19)14-9-5-2-6-10-14)17-11-13-7-3-1-4-8-13/h1-11,15-16,18-19H,12H2/t15-,16?/m0/s1. The fraction of sp³-hybridized carbons (Fsp3) is 0.188. The molecule has 0 saturated heterocycles. The van der Waals surface area contributed by atoms with Crippen molar-refractivity contribution < 1.29 is 10.2 Å². The summed E-state index contributed by atoms with van der Waals surface area (Å²) >= 11 is 0. The number of nitrogens with zero attached hydrogens (tertiary/aromatic N) is 1. The van der Waals surface area contributed by atoms with Crippen LogP contribution in [0.3, 0.4) is 0 Å². The Kier molecular flexibility index (Phi) is 4.84. The van der Waals surface area contributed by atoms with Crippen molar-refractivity contribution >= 4 is 6.21 Å². The Morgan fingerprint density at radius 1 is 0.947 bits per heavy atom. The van der Waals surface area contributed by atoms with E-state index < -0.39 is 12.1 Å². The maximum absolute atomic E-state index is 10.2. The van der Waals surface area contributed by atoms with Gasteiger partial charge < -0.3 is 10.2 Å². The summed E-state index contributed by atoms with van der Waals surface area (Å²) in [4.78, 5) is 4.26. The van der Waals surface area contributed by atoms with Crippen molar-refractivity contribution in [2.24, 2.45) is 4.99 Å². The lowest BCUT2D eigenvalue weighted by Crippen LogP contribution is -2.20. The van der Waals surface area contributed by atoms with Crippen LogP contribution in [0.15, 0.2) is 65.7 Å². The van der Waals surface area contributed by atoms with Crippen LogP contribution in [0.4, 0.5) is 0 Å². The first-order chi connectivity index (χ1) is 9.31. The average Bonchev–Trinajstić information content (AvgIpc) is 2.49. The topological polar surface area (TPSA) is 52.8 Å². The van der Waals surface area contributed by atoms with Crippen LogP contribution in [0, 0.1) is 0 Å². The Morgan fingerprint density at radius 3 is 2.11 bits per heavy atom. The molecule has 0 aliphatic rings. The fourth-order valence-corrected chi connectivity index (χ4v) is 1.82. The van der Waals surface area contributed by atoms with Crippen molar-refractivity contribution in [2.45, 2.75) is 12.1 Å². The fourth-order valence-electron chi connectivity index (χ4n) is 1.82. The molecule has 0 aliphatic heterocycles. The number of rotatable bonds is 5. The van der Waals surface area contributed by atoms with Crippen molar-refractivity contribution in [3.8, 4) is 0 Å². The highest BCUT2D eigenvalue weighted by atomic mass is 16.3. The molecule has 0 radical (unpaired) electrons. The van der Waals surface area contributed by atoms with Gasteiger partial charge >= 0.3 is 0 Å². The second kappa shape index (κ2) is 6.83. The molecule has 0 fully saturated rings. The van der Waals surface area contributed by atoms with E-state index in [1.54, 1.807) is 6.21 Å². The summed E-state index contributed by atoms with van der Waals surface area (Å²) in [6.07, 6.45) is 0.874. The van der Waals surface area contributed by atoms with E-state index in [-0.39, 0.29) is 6.61 Å². The van der Waals surface area contributed by atoms with E-state index in [1.165, 1.54) is 0 Å². The summed E-state index contributed by atoms with van der Waals surface area (Å²) in [7, 11) is 0. The first kappa shape index (κ1) is 13.5. The molecular formula is C16H17NO2. The minimum absolute atomic E-state index is 0.195. The van der Waals surface area contributed by atoms with Crippen LogP contribution < -0.4 is 0 Å². The summed E-state index contributed by atoms with van der Waals surface area (Å²) in [5.74, 6) is 0. The molecule has 0 bridgehead atoms. The first-order valence-electron chi connectivity index (χ1n) is 6.23. The van der Waals surface area contributed by atoms with Crippen molar-refractivity contribution in [3.05, 3.63) is 71.8 Å². The maximum Gasteiger partial charge on any atom is 0.104 e. The van der Waals surface area contributed by atoms with Crippen LogP contribution in [0.2, 0.25) is 0 Å². The molecule has 3 heteroatoms. The van der Waals surface area contributed by atoms with Gasteiger partial charge in [0.25, 0.3) is 0 Å². The predicted octanol–water partition coefficient (Wildman–Crippen LogP) is 2.20. The third-order valence-corrected chi connectivity index (χ3v) is 2.91. The summed E-state index contributed by atoms with van der Waals surface area (Å²) < 4.78 is 0. The minimum atomic E-state index is -0.800. The number of hydrogen-bond donors (Lipinski definition) is 2. The number of hydrogen-bond acceptors (Lipinski definition) is 3. The Hall–Kier alpha value is -1.97. The van der Waals surface area contributed by atoms with Crippen LogP contribution in [0.25, 0.3) is 0 Å². The van der Waals surface area contributed by atoms with Gasteiger partial charge in [0.05, 0.1) is 6.61 Å². The molecule has 2 aromatic rings. The van der Waals surface area contributed by atoms with Crippen molar-refractivity contribution in [1.29, 1.82) is 0 Å². The van der Waals surface area contributed by atoms with Crippen LogP contribution in [-0.4, -0.2) is 29.1 Å². The van der Waals surface area contributed by atoms with Crippen molar-refractivity contribution in [3.63, 3.8) is 0 Å². The highest BCUT2D eigenvalue weighted by Gasteiger charge is 2.18. The van der Waals surface area contributed by atoms with Gasteiger partial charge in [-0.1, -0.05) is 60.7 Å². The summed E-state index contributed by atoms with van der Waals surface area (Å²) in [6, 6.07) is 18.3. The molecule has 0 saturated carbocycles. The monoisotopic (exact) mass is 255 g/mol. The molecule has 98 valence electrons. The van der Waals surface area contributed by atoms with Gasteiger partial charge in [-0.15, -0.1) is 0 Å². The molecule has 0 aliphatic carbocycles. The number of aliphatic imine (C=N–C) groups is 1. The number of aliphatic hydroxyl groups is 2. The van der Waals surface area contributed by atoms with Gasteiger partial charge in [-0.05, 0) is 11.1 Å². The zero-order valence-electron chi connectivity index (χ0n) is 10.6. The van der Waals surface area contributed by atoms with E-state index in [2.05, 4.69) is 4.99 Å². The number of aliphatic hydroxyl groups excluding tert-OH is 2. The van der Waals surface area contributed by atoms with Crippen molar-refractivity contribution in [2.75, 3.05) is 6.61 Å². The zero-order valence-corrected chi connectivity index (χ0v) is 10.6. The van der Waals surface area contributed by atoms with Crippen LogP contribution in [0.5, 0.6) is 0 Å². The van der Waals surface area contributed by atoms with Gasteiger partial charge in [0.15, 0.2) is 0 Å². The normalized spacial score (nSPS) is 14.4. The second-order valence-electron chi connectivity index (χ2n) is 4.29. The average molecular weight is 255 g/mol. The Balaban J connectivity index is 2.10. The largest absolute Gasteiger partial charge is 0.394 e. The van der Waals surface area contributed by atoms with E-state index in [9.17, 15) is 10.2 Å². The molecule has 0 spiro atoms. The summed E-state index contributed by atoms with van der Waals surface area (Å²) in [6.45, 7) is -0.195. The third kappa shape index (κ3) is 3.74. The van der Waals surface area contributed by atoms with Gasteiger partial charge in [0.1, 0.15) is 12.1 Å². The van der Waals surface area contributed by atoms with Gasteiger partial charge in [-0.25, -0.2) is 0 Å². The molecule has 2 atom stereocenters. The van der Waals surface area contributed by atoms with Gasteiger partial charge in [-0.2, -0.15) is 0 Å². The SMILES string of the molecule is OC[C@H](N=Cc1ccccc1)C(O)c1ccccc1. The van der Waals surface area contributed by atoms with Crippen LogP contribution in [0.1, 0.15) is 17.2 Å². The quantitative estimate of drug-likeness (QED) is 0.805. The molecular weight excluding hydrogens is 238 g/mol. The van der Waals surface area contributed by atoms with E-state index in [1.807, 2.05) is 60.7 Å². The molecule has 0 amide bonds. The first-order valence-corrected chi connectivity index (χ1v) is 6.23. The van der Waals surface area contributed by atoms with Crippen LogP contribution in [-0.2, 0) is 0 Å². The highest BCUT2D eigenvalue weighted by Crippen LogP contribution is 2.18. The molecule has 0 heterocycles. The number of benzene rings is 2. The molecule has 2 N–H and O–H groups in total. The molecule has 19 heavy (non-hydrogen) atoms. The lowest BCUT2D eigenvalue weighted by atomic mass is 10.0.